The normalized spacial score (nSPS) is 15.8. The number of rotatable bonds is 4. The number of halogens is 6. The number of nitrogens with two attached hydrogens (primary N) is 1. The molecule has 12 heteroatoms. The first-order valence-corrected chi connectivity index (χ1v) is 12.1. The zero-order valence-corrected chi connectivity index (χ0v) is 20.7. The molecule has 0 aliphatic carbocycles. The van der Waals surface area contributed by atoms with E-state index in [9.17, 15) is 31.1 Å². The summed E-state index contributed by atoms with van der Waals surface area (Å²) in [6.07, 6.45) is -3.41. The molecule has 1 atom stereocenters. The summed E-state index contributed by atoms with van der Waals surface area (Å²) in [5.74, 6) is -1.04. The van der Waals surface area contributed by atoms with Crippen LogP contribution in [0.3, 0.4) is 0 Å². The Hall–Kier alpha value is -4.48. The Morgan fingerprint density at radius 2 is 1.60 bits per heavy atom. The van der Waals surface area contributed by atoms with Gasteiger partial charge in [0, 0.05) is 49.4 Å². The molecule has 1 amide bonds. The number of anilines is 1. The second kappa shape index (κ2) is 10.2. The molecule has 4 aromatic rings. The average molecular weight is 557 g/mol. The number of hydrogen-bond donors (Lipinski definition) is 1. The highest BCUT2D eigenvalue weighted by Gasteiger charge is 2.39. The van der Waals surface area contributed by atoms with E-state index in [0.29, 0.717) is 12.5 Å². The minimum absolute atomic E-state index is 0.0543. The van der Waals surface area contributed by atoms with Gasteiger partial charge in [-0.05, 0) is 59.0 Å². The Kier molecular flexibility index (Phi) is 6.94. The summed E-state index contributed by atoms with van der Waals surface area (Å²) in [6, 6.07) is 9.31. The second-order valence-electron chi connectivity index (χ2n) is 9.37. The Morgan fingerprint density at radius 3 is 2.25 bits per heavy atom. The molecule has 206 valence electrons. The summed E-state index contributed by atoms with van der Waals surface area (Å²) in [5.41, 5.74) is 3.47. The minimum atomic E-state index is -4.97. The third kappa shape index (κ3) is 5.47. The van der Waals surface area contributed by atoms with Gasteiger partial charge in [-0.1, -0.05) is 18.2 Å². The molecule has 5 rings (SSSR count). The number of pyridine rings is 1. The van der Waals surface area contributed by atoms with E-state index in [1.54, 1.807) is 18.5 Å². The number of aromatic nitrogens is 3. The molecule has 2 N–H and O–H groups in total. The lowest BCUT2D eigenvalue weighted by molar-refractivity contribution is -0.138. The standard InChI is InChI=1S/C28H21F6N5O/c29-27(30,31)20-5-1-3-16(9-20)22-11-24(28(32,33)34)23(10-21(22)19-13-37-26(35)38-14-19)25(40)39-8-6-18(15-39)17-4-2-7-36-12-17/h1-5,7,9-14,18H,6,8,15H2,(H2,35,37,38). The van der Waals surface area contributed by atoms with Gasteiger partial charge in [0.2, 0.25) is 5.95 Å². The molecule has 2 aromatic carbocycles. The van der Waals surface area contributed by atoms with Crippen LogP contribution in [0.4, 0.5) is 32.3 Å². The van der Waals surface area contributed by atoms with Gasteiger partial charge in [-0.3, -0.25) is 9.78 Å². The Morgan fingerprint density at radius 1 is 0.875 bits per heavy atom. The Labute approximate surface area is 224 Å². The summed E-state index contributed by atoms with van der Waals surface area (Å²) >= 11 is 0. The molecule has 0 saturated carbocycles. The van der Waals surface area contributed by atoms with Crippen molar-refractivity contribution in [1.29, 1.82) is 0 Å². The van der Waals surface area contributed by atoms with Crippen molar-refractivity contribution in [3.8, 4) is 22.3 Å². The second-order valence-corrected chi connectivity index (χ2v) is 9.37. The number of alkyl halides is 6. The average Bonchev–Trinajstić information content (AvgIpc) is 3.42. The lowest BCUT2D eigenvalue weighted by Gasteiger charge is -2.22. The lowest BCUT2D eigenvalue weighted by atomic mass is 9.89. The number of hydrogen-bond acceptors (Lipinski definition) is 5. The summed E-state index contributed by atoms with van der Waals surface area (Å²) in [4.78, 5) is 26.7. The third-order valence-electron chi connectivity index (χ3n) is 6.81. The number of nitrogens with zero attached hydrogens (tertiary/aromatic N) is 4. The van der Waals surface area contributed by atoms with Gasteiger partial charge >= 0.3 is 12.4 Å². The smallest absolute Gasteiger partial charge is 0.368 e. The van der Waals surface area contributed by atoms with Gasteiger partial charge in [0.05, 0.1) is 16.7 Å². The molecule has 1 saturated heterocycles. The van der Waals surface area contributed by atoms with Crippen molar-refractivity contribution in [2.45, 2.75) is 24.7 Å². The van der Waals surface area contributed by atoms with Crippen molar-refractivity contribution in [1.82, 2.24) is 19.9 Å². The van der Waals surface area contributed by atoms with Gasteiger partial charge in [0.25, 0.3) is 5.91 Å². The molecular weight excluding hydrogens is 536 g/mol. The number of likely N-dealkylation sites (tertiary alicyclic amines) is 1. The van der Waals surface area contributed by atoms with Crippen molar-refractivity contribution >= 4 is 11.9 Å². The monoisotopic (exact) mass is 557 g/mol. The van der Waals surface area contributed by atoms with Gasteiger partial charge in [-0.2, -0.15) is 26.3 Å². The largest absolute Gasteiger partial charge is 0.417 e. The topological polar surface area (TPSA) is 85.0 Å². The fourth-order valence-corrected chi connectivity index (χ4v) is 4.83. The van der Waals surface area contributed by atoms with E-state index in [4.69, 9.17) is 5.73 Å². The maximum Gasteiger partial charge on any atom is 0.417 e. The van der Waals surface area contributed by atoms with Crippen LogP contribution in [-0.4, -0.2) is 38.8 Å². The molecule has 0 bridgehead atoms. The highest BCUT2D eigenvalue weighted by molar-refractivity contribution is 6.00. The highest BCUT2D eigenvalue weighted by atomic mass is 19.4. The zero-order chi connectivity index (χ0) is 28.7. The van der Waals surface area contributed by atoms with E-state index in [2.05, 4.69) is 15.0 Å². The minimum Gasteiger partial charge on any atom is -0.368 e. The van der Waals surface area contributed by atoms with Gasteiger partial charge < -0.3 is 10.6 Å². The molecular formula is C28H21F6N5O. The van der Waals surface area contributed by atoms with Gasteiger partial charge in [-0.15, -0.1) is 0 Å². The predicted molar refractivity (Wildman–Crippen MR) is 135 cm³/mol. The van der Waals surface area contributed by atoms with Gasteiger partial charge in [-0.25, -0.2) is 9.97 Å². The molecule has 1 aliphatic rings. The van der Waals surface area contributed by atoms with Gasteiger partial charge in [0.1, 0.15) is 0 Å². The number of nitrogen functional groups attached to an aromatic ring is 1. The van der Waals surface area contributed by atoms with Gasteiger partial charge in [0.15, 0.2) is 0 Å². The van der Waals surface area contributed by atoms with Crippen molar-refractivity contribution < 1.29 is 31.1 Å². The van der Waals surface area contributed by atoms with Crippen LogP contribution in [0.2, 0.25) is 0 Å². The number of carbonyl (C=O) groups excluding carboxylic acids is 1. The molecule has 2 aromatic heterocycles. The maximum absolute atomic E-state index is 14.4. The van der Waals surface area contributed by atoms with Crippen LogP contribution in [0.25, 0.3) is 22.3 Å². The summed E-state index contributed by atoms with van der Waals surface area (Å²) in [7, 11) is 0. The summed E-state index contributed by atoms with van der Waals surface area (Å²) < 4.78 is 83.5. The van der Waals surface area contributed by atoms with E-state index in [1.807, 2.05) is 6.07 Å². The molecule has 3 heterocycles. The van der Waals surface area contributed by atoms with Crippen molar-refractivity contribution in [2.24, 2.45) is 0 Å². The molecule has 1 fully saturated rings. The van der Waals surface area contributed by atoms with Crippen molar-refractivity contribution in [3.63, 3.8) is 0 Å². The SMILES string of the molecule is Nc1ncc(-c2cc(C(=O)N3CCC(c4cccnc4)C3)c(C(F)(F)F)cc2-c2cccc(C(F)(F)F)c2)cn1. The fourth-order valence-electron chi connectivity index (χ4n) is 4.83. The lowest BCUT2D eigenvalue weighted by Crippen LogP contribution is -2.30. The van der Waals surface area contributed by atoms with E-state index in [-0.39, 0.29) is 47.2 Å². The maximum atomic E-state index is 14.4. The van der Waals surface area contributed by atoms with E-state index >= 15 is 0 Å². The molecule has 0 spiro atoms. The van der Waals surface area contributed by atoms with Crippen LogP contribution < -0.4 is 5.73 Å². The van der Waals surface area contributed by atoms with Crippen LogP contribution in [0.5, 0.6) is 0 Å². The van der Waals surface area contributed by atoms with E-state index in [1.165, 1.54) is 23.4 Å². The van der Waals surface area contributed by atoms with E-state index in [0.717, 1.165) is 29.8 Å². The van der Waals surface area contributed by atoms with Crippen molar-refractivity contribution in [2.75, 3.05) is 18.8 Å². The van der Waals surface area contributed by atoms with E-state index < -0.39 is 35.0 Å². The summed E-state index contributed by atoms with van der Waals surface area (Å²) in [6.45, 7) is 0.420. The van der Waals surface area contributed by atoms with Crippen LogP contribution in [0, 0.1) is 0 Å². The van der Waals surface area contributed by atoms with Crippen LogP contribution in [-0.2, 0) is 12.4 Å². The third-order valence-corrected chi connectivity index (χ3v) is 6.81. The zero-order valence-electron chi connectivity index (χ0n) is 20.7. The first-order chi connectivity index (χ1) is 18.9. The number of amides is 1. The van der Waals surface area contributed by atoms with Crippen molar-refractivity contribution in [3.05, 3.63) is 95.6 Å². The first-order valence-electron chi connectivity index (χ1n) is 12.1. The Balaban J connectivity index is 1.65. The molecule has 40 heavy (non-hydrogen) atoms. The first kappa shape index (κ1) is 27.1. The quantitative estimate of drug-likeness (QED) is 0.292. The van der Waals surface area contributed by atoms with Crippen LogP contribution >= 0.6 is 0 Å². The van der Waals surface area contributed by atoms with Crippen LogP contribution in [0.15, 0.2) is 73.3 Å². The Bertz CT molecular complexity index is 1540. The fraction of sp³-hybridized carbons (Fsp3) is 0.214. The molecule has 1 unspecified atom stereocenters. The summed E-state index contributed by atoms with van der Waals surface area (Å²) in [5, 5.41) is 0. The molecule has 1 aliphatic heterocycles. The molecule has 0 radical (unpaired) electrons. The van der Waals surface area contributed by atoms with Crippen LogP contribution in [0.1, 0.15) is 39.4 Å². The highest BCUT2D eigenvalue weighted by Crippen LogP contribution is 2.42. The number of carbonyl (C=O) groups is 1. The number of benzene rings is 2. The molecule has 6 nitrogen and oxygen atoms in total. The predicted octanol–water partition coefficient (Wildman–Crippen LogP) is 6.46.